The van der Waals surface area contributed by atoms with Crippen molar-refractivity contribution in [3.63, 3.8) is 0 Å². The fraction of sp³-hybridized carbons (Fsp3) is 0.692. The average Bonchev–Trinajstić information content (AvgIpc) is 2.85. The van der Waals surface area contributed by atoms with Gasteiger partial charge in [-0.05, 0) is 20.8 Å². The highest BCUT2D eigenvalue weighted by atomic mass is 32.1. The Balaban J connectivity index is 2.12. The zero-order chi connectivity index (χ0) is 13.8. The van der Waals surface area contributed by atoms with E-state index in [-0.39, 0.29) is 18.1 Å². The minimum atomic E-state index is -0.217. The molecular formula is C13H21N3O2S. The number of aromatic nitrogens is 1. The summed E-state index contributed by atoms with van der Waals surface area (Å²) in [6, 6.07) is -0.0767. The molecule has 19 heavy (non-hydrogen) atoms. The number of hydrogen-bond acceptors (Lipinski definition) is 6. The number of rotatable bonds is 4. The molecule has 0 bridgehead atoms. The van der Waals surface area contributed by atoms with Gasteiger partial charge in [0.2, 0.25) is 0 Å². The lowest BCUT2D eigenvalue weighted by atomic mass is 10.1. The number of carbonyl (C=O) groups is 1. The van der Waals surface area contributed by atoms with Crippen molar-refractivity contribution in [3.05, 3.63) is 16.1 Å². The van der Waals surface area contributed by atoms with Crippen LogP contribution in [0.15, 0.2) is 5.38 Å². The third-order valence-electron chi connectivity index (χ3n) is 3.41. The topological polar surface area (TPSA) is 54.5 Å². The van der Waals surface area contributed by atoms with Crippen LogP contribution in [0.2, 0.25) is 0 Å². The molecule has 1 aromatic rings. The minimum Gasteiger partial charge on any atom is -0.465 e. The van der Waals surface area contributed by atoms with E-state index >= 15 is 0 Å². The van der Waals surface area contributed by atoms with Crippen LogP contribution in [-0.4, -0.2) is 48.1 Å². The van der Waals surface area contributed by atoms with E-state index in [1.54, 1.807) is 11.3 Å². The molecule has 1 aromatic heterocycles. The van der Waals surface area contributed by atoms with Gasteiger partial charge >= 0.3 is 5.97 Å². The second-order valence-electron chi connectivity index (χ2n) is 4.68. The Morgan fingerprint density at radius 1 is 1.74 bits per heavy atom. The van der Waals surface area contributed by atoms with Gasteiger partial charge in [0.15, 0.2) is 0 Å². The third kappa shape index (κ3) is 3.32. The van der Waals surface area contributed by atoms with Crippen LogP contribution in [0, 0.1) is 6.92 Å². The van der Waals surface area contributed by atoms with E-state index in [2.05, 4.69) is 27.5 Å². The molecule has 1 N–H and O–H groups in total. The lowest BCUT2D eigenvalue weighted by Gasteiger charge is -2.38. The highest BCUT2D eigenvalue weighted by molar-refractivity contribution is 7.09. The summed E-state index contributed by atoms with van der Waals surface area (Å²) in [5.41, 5.74) is 1.04. The number of nitrogens with zero attached hydrogens (tertiary/aromatic N) is 2. The summed E-state index contributed by atoms with van der Waals surface area (Å²) in [7, 11) is 0. The number of esters is 1. The molecule has 6 heteroatoms. The normalized spacial score (nSPS) is 22.2. The molecule has 5 nitrogen and oxygen atoms in total. The molecule has 2 rings (SSSR count). The molecule has 1 fully saturated rings. The van der Waals surface area contributed by atoms with Crippen LogP contribution in [0.1, 0.15) is 30.6 Å². The van der Waals surface area contributed by atoms with Crippen molar-refractivity contribution in [1.82, 2.24) is 15.2 Å². The zero-order valence-electron chi connectivity index (χ0n) is 11.7. The SMILES string of the molecule is CCOC(=O)C1CNCCN1C(C)c1csc(C)n1. The van der Waals surface area contributed by atoms with E-state index in [1.807, 2.05) is 13.8 Å². The Bertz CT molecular complexity index is 435. The van der Waals surface area contributed by atoms with E-state index in [0.717, 1.165) is 23.8 Å². The molecule has 2 heterocycles. The molecule has 1 saturated heterocycles. The van der Waals surface area contributed by atoms with Crippen molar-refractivity contribution in [3.8, 4) is 0 Å². The Kier molecular flexibility index (Phi) is 4.90. The van der Waals surface area contributed by atoms with E-state index in [9.17, 15) is 4.79 Å². The second kappa shape index (κ2) is 6.45. The maximum atomic E-state index is 12.0. The molecule has 0 amide bonds. The summed E-state index contributed by atoms with van der Waals surface area (Å²) in [5.74, 6) is -0.145. The van der Waals surface area contributed by atoms with Gasteiger partial charge < -0.3 is 10.1 Å². The molecule has 0 saturated carbocycles. The number of hydrogen-bond donors (Lipinski definition) is 1. The van der Waals surface area contributed by atoms with E-state index in [1.165, 1.54) is 0 Å². The highest BCUT2D eigenvalue weighted by Gasteiger charge is 2.34. The molecular weight excluding hydrogens is 262 g/mol. The maximum Gasteiger partial charge on any atom is 0.324 e. The molecule has 2 atom stereocenters. The van der Waals surface area contributed by atoms with Gasteiger partial charge in [0.1, 0.15) is 6.04 Å². The van der Waals surface area contributed by atoms with Gasteiger partial charge in [-0.15, -0.1) is 11.3 Å². The second-order valence-corrected chi connectivity index (χ2v) is 5.74. The lowest BCUT2D eigenvalue weighted by molar-refractivity contribution is -0.151. The summed E-state index contributed by atoms with van der Waals surface area (Å²) in [6.45, 7) is 8.74. The number of carbonyl (C=O) groups excluding carboxylic acids is 1. The number of piperazine rings is 1. The summed E-state index contributed by atoms with van der Waals surface area (Å²) in [4.78, 5) is 18.7. The van der Waals surface area contributed by atoms with Crippen LogP contribution < -0.4 is 5.32 Å². The number of thiazole rings is 1. The van der Waals surface area contributed by atoms with Gasteiger partial charge in [0.25, 0.3) is 0 Å². The van der Waals surface area contributed by atoms with E-state index in [4.69, 9.17) is 4.74 Å². The Morgan fingerprint density at radius 3 is 3.16 bits per heavy atom. The van der Waals surface area contributed by atoms with Gasteiger partial charge in [-0.1, -0.05) is 0 Å². The Morgan fingerprint density at radius 2 is 2.53 bits per heavy atom. The van der Waals surface area contributed by atoms with Gasteiger partial charge in [-0.3, -0.25) is 9.69 Å². The molecule has 0 radical (unpaired) electrons. The molecule has 106 valence electrons. The van der Waals surface area contributed by atoms with Gasteiger partial charge in [0, 0.05) is 25.0 Å². The maximum absolute atomic E-state index is 12.0. The van der Waals surface area contributed by atoms with Gasteiger partial charge in [-0.2, -0.15) is 0 Å². The molecule has 1 aliphatic heterocycles. The Hall–Kier alpha value is -0.980. The first-order valence-corrected chi connectivity index (χ1v) is 7.56. The lowest BCUT2D eigenvalue weighted by Crippen LogP contribution is -2.56. The fourth-order valence-electron chi connectivity index (χ4n) is 2.38. The van der Waals surface area contributed by atoms with E-state index < -0.39 is 0 Å². The van der Waals surface area contributed by atoms with Gasteiger partial charge in [0.05, 0.1) is 23.4 Å². The van der Waals surface area contributed by atoms with Crippen LogP contribution in [0.5, 0.6) is 0 Å². The van der Waals surface area contributed by atoms with E-state index in [0.29, 0.717) is 13.2 Å². The predicted octanol–water partition coefficient (Wildman–Crippen LogP) is 1.35. The van der Waals surface area contributed by atoms with Crippen LogP contribution >= 0.6 is 11.3 Å². The fourth-order valence-corrected chi connectivity index (χ4v) is 3.08. The molecule has 0 aliphatic carbocycles. The average molecular weight is 283 g/mol. The first-order valence-electron chi connectivity index (χ1n) is 6.68. The van der Waals surface area contributed by atoms with Crippen molar-refractivity contribution in [1.29, 1.82) is 0 Å². The van der Waals surface area contributed by atoms with Crippen molar-refractivity contribution in [2.24, 2.45) is 0 Å². The Labute approximate surface area is 118 Å². The van der Waals surface area contributed by atoms with Crippen molar-refractivity contribution in [2.45, 2.75) is 32.9 Å². The third-order valence-corrected chi connectivity index (χ3v) is 4.20. The smallest absolute Gasteiger partial charge is 0.324 e. The number of nitrogens with one attached hydrogen (secondary N) is 1. The summed E-state index contributed by atoms with van der Waals surface area (Å²) < 4.78 is 5.16. The van der Waals surface area contributed by atoms with Crippen molar-refractivity contribution in [2.75, 3.05) is 26.2 Å². The minimum absolute atomic E-state index is 0.140. The summed E-state index contributed by atoms with van der Waals surface area (Å²) in [6.07, 6.45) is 0. The molecule has 0 spiro atoms. The highest BCUT2D eigenvalue weighted by Crippen LogP contribution is 2.25. The molecule has 1 aliphatic rings. The number of ether oxygens (including phenoxy) is 1. The van der Waals surface area contributed by atoms with Crippen LogP contribution in [0.4, 0.5) is 0 Å². The van der Waals surface area contributed by atoms with Crippen LogP contribution in [-0.2, 0) is 9.53 Å². The van der Waals surface area contributed by atoms with Crippen molar-refractivity contribution >= 4 is 17.3 Å². The first kappa shape index (κ1) is 14.4. The van der Waals surface area contributed by atoms with Crippen LogP contribution in [0.3, 0.4) is 0 Å². The quantitative estimate of drug-likeness (QED) is 0.845. The monoisotopic (exact) mass is 283 g/mol. The predicted molar refractivity (Wildman–Crippen MR) is 75.3 cm³/mol. The first-order chi connectivity index (χ1) is 9.13. The standard InChI is InChI=1S/C13H21N3O2S/c1-4-18-13(17)12-7-14-5-6-16(12)9(2)11-8-19-10(3)15-11/h8-9,12,14H,4-7H2,1-3H3. The van der Waals surface area contributed by atoms with Crippen LogP contribution in [0.25, 0.3) is 0 Å². The van der Waals surface area contributed by atoms with Crippen molar-refractivity contribution < 1.29 is 9.53 Å². The summed E-state index contributed by atoms with van der Waals surface area (Å²) >= 11 is 1.65. The zero-order valence-corrected chi connectivity index (χ0v) is 12.5. The largest absolute Gasteiger partial charge is 0.465 e. The number of aryl methyl sites for hydroxylation is 1. The summed E-state index contributed by atoms with van der Waals surface area (Å²) in [5, 5.41) is 6.39. The molecule has 0 aromatic carbocycles. The molecule has 2 unspecified atom stereocenters. The van der Waals surface area contributed by atoms with Gasteiger partial charge in [-0.25, -0.2) is 4.98 Å².